The first-order valence-electron chi connectivity index (χ1n) is 5.59. The Labute approximate surface area is 97.9 Å². The van der Waals surface area contributed by atoms with Crippen LogP contribution in [0.15, 0.2) is 36.5 Å². The Bertz CT molecular complexity index is 548. The molecular formula is C13H12F2N2. The number of hydrogen-bond acceptors (Lipinski definition) is 1. The van der Waals surface area contributed by atoms with Crippen molar-refractivity contribution in [3.63, 3.8) is 0 Å². The number of aromatic nitrogens is 1. The van der Waals surface area contributed by atoms with Crippen molar-refractivity contribution in [3.8, 4) is 0 Å². The van der Waals surface area contributed by atoms with Crippen molar-refractivity contribution in [2.24, 2.45) is 0 Å². The van der Waals surface area contributed by atoms with Gasteiger partial charge in [-0.05, 0) is 18.2 Å². The smallest absolute Gasteiger partial charge is 0.131 e. The van der Waals surface area contributed by atoms with Crippen molar-refractivity contribution < 1.29 is 8.78 Å². The number of halogens is 2. The molecule has 0 saturated heterocycles. The van der Waals surface area contributed by atoms with Crippen LogP contribution in [0.5, 0.6) is 0 Å². The summed E-state index contributed by atoms with van der Waals surface area (Å²) in [5, 5.41) is 3.25. The first-order chi connectivity index (χ1) is 8.25. The summed E-state index contributed by atoms with van der Waals surface area (Å²) < 4.78 is 28.7. The summed E-state index contributed by atoms with van der Waals surface area (Å²) >= 11 is 0. The molecule has 0 saturated carbocycles. The Kier molecular flexibility index (Phi) is 2.44. The minimum atomic E-state index is -0.544. The Morgan fingerprint density at radius 1 is 1.24 bits per heavy atom. The molecule has 1 N–H and O–H groups in total. The van der Waals surface area contributed by atoms with Gasteiger partial charge in [0, 0.05) is 36.6 Å². The molecule has 2 aromatic rings. The van der Waals surface area contributed by atoms with Crippen LogP contribution in [0.3, 0.4) is 0 Å². The minimum Gasteiger partial charge on any atom is -0.348 e. The largest absolute Gasteiger partial charge is 0.348 e. The molecule has 1 aromatic heterocycles. The van der Waals surface area contributed by atoms with E-state index in [0.29, 0.717) is 5.56 Å². The van der Waals surface area contributed by atoms with Gasteiger partial charge in [-0.1, -0.05) is 6.07 Å². The third-order valence-corrected chi connectivity index (χ3v) is 3.14. The Balaban J connectivity index is 2.06. The highest BCUT2D eigenvalue weighted by Gasteiger charge is 2.23. The molecule has 0 fully saturated rings. The fourth-order valence-corrected chi connectivity index (χ4v) is 2.33. The van der Waals surface area contributed by atoms with Crippen LogP contribution in [0.4, 0.5) is 8.78 Å². The van der Waals surface area contributed by atoms with Crippen LogP contribution in [-0.4, -0.2) is 11.1 Å². The summed E-state index contributed by atoms with van der Waals surface area (Å²) in [5.41, 5.74) is 1.51. The van der Waals surface area contributed by atoms with E-state index in [4.69, 9.17) is 0 Å². The lowest BCUT2D eigenvalue weighted by molar-refractivity contribution is 0.451. The molecule has 2 heterocycles. The summed E-state index contributed by atoms with van der Waals surface area (Å²) in [7, 11) is 0. The number of nitrogens with zero attached hydrogens (tertiary/aromatic N) is 1. The molecule has 1 aromatic carbocycles. The van der Waals surface area contributed by atoms with Gasteiger partial charge in [0.25, 0.3) is 0 Å². The number of hydrogen-bond donors (Lipinski definition) is 1. The van der Waals surface area contributed by atoms with E-state index in [1.54, 1.807) is 0 Å². The van der Waals surface area contributed by atoms with Crippen molar-refractivity contribution in [1.82, 2.24) is 9.88 Å². The molecule has 0 radical (unpaired) electrons. The van der Waals surface area contributed by atoms with Gasteiger partial charge in [-0.15, -0.1) is 0 Å². The van der Waals surface area contributed by atoms with Gasteiger partial charge in [0.1, 0.15) is 11.6 Å². The van der Waals surface area contributed by atoms with Gasteiger partial charge in [-0.3, -0.25) is 0 Å². The van der Waals surface area contributed by atoms with Gasteiger partial charge in [0.05, 0.1) is 6.04 Å². The normalized spacial score (nSPS) is 19.1. The molecule has 4 heteroatoms. The second-order valence-corrected chi connectivity index (χ2v) is 4.18. The van der Waals surface area contributed by atoms with Crippen LogP contribution in [0.25, 0.3) is 0 Å². The number of rotatable bonds is 1. The molecule has 1 aliphatic rings. The molecule has 0 aliphatic carbocycles. The fraction of sp³-hybridized carbons (Fsp3) is 0.231. The molecule has 0 bridgehead atoms. The predicted molar refractivity (Wildman–Crippen MR) is 60.6 cm³/mol. The molecule has 1 unspecified atom stereocenters. The Hall–Kier alpha value is -1.68. The quantitative estimate of drug-likeness (QED) is 0.802. The lowest BCUT2D eigenvalue weighted by atomic mass is 10.0. The van der Waals surface area contributed by atoms with Crippen molar-refractivity contribution in [2.75, 3.05) is 6.54 Å². The van der Waals surface area contributed by atoms with Gasteiger partial charge >= 0.3 is 0 Å². The number of nitrogens with one attached hydrogen (secondary N) is 1. The summed E-state index contributed by atoms with van der Waals surface area (Å²) in [6.45, 7) is 1.66. The molecule has 1 aliphatic heterocycles. The summed E-state index contributed by atoms with van der Waals surface area (Å²) in [4.78, 5) is 0. The van der Waals surface area contributed by atoms with Crippen molar-refractivity contribution in [2.45, 2.75) is 12.6 Å². The Morgan fingerprint density at radius 2 is 2.12 bits per heavy atom. The first-order valence-corrected chi connectivity index (χ1v) is 5.59. The maximum atomic E-state index is 13.7. The van der Waals surface area contributed by atoms with Crippen LogP contribution in [0, 0.1) is 11.6 Å². The van der Waals surface area contributed by atoms with E-state index >= 15 is 0 Å². The van der Waals surface area contributed by atoms with E-state index in [1.807, 2.05) is 18.3 Å². The van der Waals surface area contributed by atoms with E-state index in [0.717, 1.165) is 24.8 Å². The second-order valence-electron chi connectivity index (χ2n) is 4.18. The summed E-state index contributed by atoms with van der Waals surface area (Å²) in [5.74, 6) is -1.05. The zero-order chi connectivity index (χ0) is 11.8. The summed E-state index contributed by atoms with van der Waals surface area (Å²) in [6, 6.07) is 7.43. The van der Waals surface area contributed by atoms with E-state index in [9.17, 15) is 8.78 Å². The van der Waals surface area contributed by atoms with E-state index in [-0.39, 0.29) is 6.04 Å². The van der Waals surface area contributed by atoms with Crippen LogP contribution in [0.1, 0.15) is 17.3 Å². The minimum absolute atomic E-state index is 0.195. The van der Waals surface area contributed by atoms with Crippen LogP contribution < -0.4 is 5.32 Å². The average Bonchev–Trinajstić information content (AvgIpc) is 2.77. The molecule has 0 spiro atoms. The molecule has 2 nitrogen and oxygen atoms in total. The first kappa shape index (κ1) is 10.5. The fourth-order valence-electron chi connectivity index (χ4n) is 2.33. The van der Waals surface area contributed by atoms with Crippen molar-refractivity contribution in [1.29, 1.82) is 0 Å². The molecule has 17 heavy (non-hydrogen) atoms. The maximum Gasteiger partial charge on any atom is 0.131 e. The monoisotopic (exact) mass is 234 g/mol. The van der Waals surface area contributed by atoms with Crippen LogP contribution >= 0.6 is 0 Å². The highest BCUT2D eigenvalue weighted by molar-refractivity contribution is 5.31. The lowest BCUT2D eigenvalue weighted by Crippen LogP contribution is -2.33. The van der Waals surface area contributed by atoms with E-state index in [2.05, 4.69) is 9.88 Å². The molecule has 3 rings (SSSR count). The predicted octanol–water partition coefficient (Wildman–Crippen LogP) is 2.46. The number of benzene rings is 1. The third-order valence-electron chi connectivity index (χ3n) is 3.14. The van der Waals surface area contributed by atoms with Crippen LogP contribution in [0.2, 0.25) is 0 Å². The zero-order valence-corrected chi connectivity index (χ0v) is 9.16. The average molecular weight is 234 g/mol. The van der Waals surface area contributed by atoms with Gasteiger partial charge in [-0.2, -0.15) is 0 Å². The Morgan fingerprint density at radius 3 is 2.94 bits per heavy atom. The van der Waals surface area contributed by atoms with E-state index < -0.39 is 11.6 Å². The highest BCUT2D eigenvalue weighted by Crippen LogP contribution is 2.27. The third kappa shape index (κ3) is 1.74. The zero-order valence-electron chi connectivity index (χ0n) is 9.16. The van der Waals surface area contributed by atoms with E-state index in [1.165, 1.54) is 12.1 Å². The topological polar surface area (TPSA) is 17.0 Å². The summed E-state index contributed by atoms with van der Waals surface area (Å²) in [6.07, 6.45) is 1.98. The lowest BCUT2D eigenvalue weighted by Gasteiger charge is -2.27. The standard InChI is InChI=1S/C13H12F2N2/c14-9-3-4-10(11(15)8-9)13-12-2-1-6-17(12)7-5-16-13/h1-4,6,8,13,16H,5,7H2. The molecule has 88 valence electrons. The van der Waals surface area contributed by atoms with Gasteiger partial charge in [0.2, 0.25) is 0 Å². The van der Waals surface area contributed by atoms with Crippen LogP contribution in [-0.2, 0) is 6.54 Å². The van der Waals surface area contributed by atoms with Gasteiger partial charge in [0.15, 0.2) is 0 Å². The molecule has 0 amide bonds. The highest BCUT2D eigenvalue weighted by atomic mass is 19.1. The number of fused-ring (bicyclic) bond motifs is 1. The van der Waals surface area contributed by atoms with Crippen molar-refractivity contribution in [3.05, 3.63) is 59.4 Å². The maximum absolute atomic E-state index is 13.7. The van der Waals surface area contributed by atoms with Gasteiger partial charge in [-0.25, -0.2) is 8.78 Å². The van der Waals surface area contributed by atoms with Gasteiger partial charge < -0.3 is 9.88 Å². The second kappa shape index (κ2) is 3.96. The molecule has 1 atom stereocenters. The molecular weight excluding hydrogens is 222 g/mol. The van der Waals surface area contributed by atoms with Crippen molar-refractivity contribution >= 4 is 0 Å². The SMILES string of the molecule is Fc1ccc(C2NCCn3cccc32)c(F)c1.